The van der Waals surface area contributed by atoms with E-state index in [0.717, 1.165) is 42.8 Å². The van der Waals surface area contributed by atoms with Gasteiger partial charge in [0.15, 0.2) is 10.8 Å². The van der Waals surface area contributed by atoms with Crippen LogP contribution >= 0.6 is 11.8 Å². The molecule has 4 rings (SSSR count). The molecule has 0 saturated carbocycles. The molecule has 0 spiro atoms. The van der Waals surface area contributed by atoms with E-state index in [0.29, 0.717) is 23.8 Å². The monoisotopic (exact) mass is 467 g/mol. The summed E-state index contributed by atoms with van der Waals surface area (Å²) in [5.74, 6) is 0.684. The minimum absolute atomic E-state index is 0.0138. The summed E-state index contributed by atoms with van der Waals surface area (Å²) >= 11 is 1.50. The summed E-state index contributed by atoms with van der Waals surface area (Å²) in [6.45, 7) is 2.84. The van der Waals surface area contributed by atoms with Crippen molar-refractivity contribution in [2.75, 3.05) is 30.8 Å². The normalized spacial score (nSPS) is 14.2. The van der Waals surface area contributed by atoms with Gasteiger partial charge >= 0.3 is 0 Å². The van der Waals surface area contributed by atoms with E-state index < -0.39 is 4.92 Å². The highest BCUT2D eigenvalue weighted by Gasteiger charge is 2.19. The lowest BCUT2D eigenvalue weighted by Crippen LogP contribution is -2.30. The molecule has 1 N–H and O–H groups in total. The molecule has 2 aromatic heterocycles. The van der Waals surface area contributed by atoms with Crippen LogP contribution in [0.5, 0.6) is 0 Å². The summed E-state index contributed by atoms with van der Waals surface area (Å²) < 4.78 is 1.80. The van der Waals surface area contributed by atoms with Gasteiger partial charge in [-0.2, -0.15) is 5.10 Å². The number of fused-ring (bicyclic) bond motifs is 1. The number of carbonyl (C=O) groups excluding carboxylic acids is 1. The Morgan fingerprint density at radius 3 is 2.67 bits per heavy atom. The van der Waals surface area contributed by atoms with Crippen molar-refractivity contribution in [1.29, 1.82) is 0 Å². The summed E-state index contributed by atoms with van der Waals surface area (Å²) in [7, 11) is 0. The number of carbonyl (C=O) groups is 1. The second-order valence-electron chi connectivity index (χ2n) is 7.66. The quantitative estimate of drug-likeness (QED) is 0.176. The molecule has 0 bridgehead atoms. The minimum atomic E-state index is -0.457. The van der Waals surface area contributed by atoms with Gasteiger partial charge in [0.2, 0.25) is 5.91 Å². The van der Waals surface area contributed by atoms with Gasteiger partial charge in [-0.05, 0) is 49.3 Å². The largest absolute Gasteiger partial charge is 0.356 e. The van der Waals surface area contributed by atoms with E-state index in [-0.39, 0.29) is 11.6 Å². The molecule has 1 aliphatic rings. The van der Waals surface area contributed by atoms with Gasteiger partial charge in [0, 0.05) is 37.8 Å². The van der Waals surface area contributed by atoms with Crippen LogP contribution in [0.25, 0.3) is 17.1 Å². The molecule has 1 saturated heterocycles. The van der Waals surface area contributed by atoms with E-state index >= 15 is 0 Å². The molecule has 10 nitrogen and oxygen atoms in total. The van der Waals surface area contributed by atoms with Gasteiger partial charge in [-0.15, -0.1) is 0 Å². The zero-order valence-electron chi connectivity index (χ0n) is 18.3. The Bertz CT molecular complexity index is 1170. The third-order valence-corrected chi connectivity index (χ3v) is 6.00. The first-order valence-corrected chi connectivity index (χ1v) is 12.0. The van der Waals surface area contributed by atoms with Gasteiger partial charge in [0.1, 0.15) is 5.82 Å². The molecule has 172 valence electrons. The Morgan fingerprint density at radius 1 is 1.21 bits per heavy atom. The third-order valence-electron chi connectivity index (χ3n) is 5.45. The van der Waals surface area contributed by atoms with E-state index in [1.54, 1.807) is 29.1 Å². The zero-order chi connectivity index (χ0) is 23.2. The van der Waals surface area contributed by atoms with Crippen LogP contribution in [0.4, 0.5) is 11.5 Å². The predicted molar refractivity (Wildman–Crippen MR) is 128 cm³/mol. The highest BCUT2D eigenvalue weighted by atomic mass is 32.2. The summed E-state index contributed by atoms with van der Waals surface area (Å²) in [6, 6.07) is 6.01. The number of piperidine rings is 1. The molecular formula is C22H25N7O3S. The lowest BCUT2D eigenvalue weighted by molar-refractivity contribution is -0.384. The summed E-state index contributed by atoms with van der Waals surface area (Å²) in [6.07, 6.45) is 10.4. The number of hydrogen-bond acceptors (Lipinski definition) is 8. The number of non-ortho nitro benzene ring substituents is 1. The number of nitro groups is 1. The topological polar surface area (TPSA) is 119 Å². The smallest absolute Gasteiger partial charge is 0.269 e. The van der Waals surface area contributed by atoms with E-state index in [9.17, 15) is 14.9 Å². The fourth-order valence-corrected chi connectivity index (χ4v) is 4.10. The first-order valence-electron chi connectivity index (χ1n) is 10.8. The van der Waals surface area contributed by atoms with E-state index in [4.69, 9.17) is 4.98 Å². The van der Waals surface area contributed by atoms with Crippen LogP contribution in [0.3, 0.4) is 0 Å². The Morgan fingerprint density at radius 2 is 1.97 bits per heavy atom. The number of benzene rings is 1. The maximum Gasteiger partial charge on any atom is 0.269 e. The van der Waals surface area contributed by atoms with E-state index in [1.807, 2.05) is 6.26 Å². The molecule has 0 atom stereocenters. The first kappa shape index (κ1) is 22.7. The number of anilines is 1. The predicted octanol–water partition coefficient (Wildman–Crippen LogP) is 3.28. The maximum absolute atomic E-state index is 12.2. The molecule has 0 aliphatic carbocycles. The molecule has 1 aromatic carbocycles. The molecule has 3 aromatic rings. The molecule has 1 aliphatic heterocycles. The van der Waals surface area contributed by atoms with Gasteiger partial charge < -0.3 is 10.2 Å². The van der Waals surface area contributed by atoms with Gasteiger partial charge in [-0.1, -0.05) is 11.8 Å². The van der Waals surface area contributed by atoms with Crippen LogP contribution in [-0.4, -0.2) is 56.5 Å². The number of aromatic nitrogens is 4. The van der Waals surface area contributed by atoms with Gasteiger partial charge in [-0.25, -0.2) is 14.6 Å². The zero-order valence-corrected chi connectivity index (χ0v) is 19.1. The van der Waals surface area contributed by atoms with Gasteiger partial charge in [0.05, 0.1) is 23.1 Å². The van der Waals surface area contributed by atoms with Crippen molar-refractivity contribution in [3.05, 3.63) is 52.2 Å². The van der Waals surface area contributed by atoms with Crippen molar-refractivity contribution in [3.63, 3.8) is 0 Å². The Kier molecular flexibility index (Phi) is 7.18. The molecule has 0 radical (unpaired) electrons. The first-order chi connectivity index (χ1) is 16.0. The van der Waals surface area contributed by atoms with Crippen molar-refractivity contribution in [2.45, 2.75) is 31.0 Å². The second-order valence-corrected chi connectivity index (χ2v) is 8.43. The lowest BCUT2D eigenvalue weighted by atomic mass is 10.1. The Labute approximate surface area is 195 Å². The van der Waals surface area contributed by atoms with Gasteiger partial charge in [0.25, 0.3) is 5.69 Å². The standard InChI is InChI=1S/C22H25N7O3S/c1-33-22-25-20(27-12-3-2-4-13-27)18-15-24-28(21(18)26-22)14-11-23-19(30)10-7-16-5-8-17(9-6-16)29(31)32/h5-10,15H,2-4,11-14H2,1H3,(H,23,30)/b10-7-. The molecule has 0 unspecified atom stereocenters. The number of rotatable bonds is 8. The van der Waals surface area contributed by atoms with Crippen molar-refractivity contribution < 1.29 is 9.72 Å². The minimum Gasteiger partial charge on any atom is -0.356 e. The fraction of sp³-hybridized carbons (Fsp3) is 0.364. The summed E-state index contributed by atoms with van der Waals surface area (Å²) in [5, 5.41) is 19.7. The van der Waals surface area contributed by atoms with Crippen LogP contribution in [0.2, 0.25) is 0 Å². The van der Waals surface area contributed by atoms with E-state index in [1.165, 1.54) is 36.4 Å². The van der Waals surface area contributed by atoms with Gasteiger partial charge in [-0.3, -0.25) is 14.9 Å². The highest BCUT2D eigenvalue weighted by Crippen LogP contribution is 2.28. The Balaban J connectivity index is 1.39. The molecule has 33 heavy (non-hydrogen) atoms. The van der Waals surface area contributed by atoms with Crippen LogP contribution < -0.4 is 10.2 Å². The van der Waals surface area contributed by atoms with Crippen molar-refractivity contribution in [1.82, 2.24) is 25.1 Å². The van der Waals surface area contributed by atoms with Crippen LogP contribution in [-0.2, 0) is 11.3 Å². The van der Waals surface area contributed by atoms with Crippen LogP contribution in [0.1, 0.15) is 24.8 Å². The highest BCUT2D eigenvalue weighted by molar-refractivity contribution is 7.98. The number of nitrogens with one attached hydrogen (secondary N) is 1. The number of nitrogens with zero attached hydrogens (tertiary/aromatic N) is 6. The molecule has 1 fully saturated rings. The second kappa shape index (κ2) is 10.4. The van der Waals surface area contributed by atoms with Crippen molar-refractivity contribution in [3.8, 4) is 0 Å². The number of hydrogen-bond donors (Lipinski definition) is 1. The van der Waals surface area contributed by atoms with Crippen LogP contribution in [0, 0.1) is 10.1 Å². The number of amides is 1. The fourth-order valence-electron chi connectivity index (χ4n) is 3.75. The maximum atomic E-state index is 12.2. The van der Waals surface area contributed by atoms with E-state index in [2.05, 4.69) is 20.3 Å². The van der Waals surface area contributed by atoms with Crippen molar-refractivity contribution in [2.24, 2.45) is 0 Å². The molecular weight excluding hydrogens is 442 g/mol. The third kappa shape index (κ3) is 5.48. The summed E-state index contributed by atoms with van der Waals surface area (Å²) in [4.78, 5) is 34.1. The Hall–Kier alpha value is -3.47. The van der Waals surface area contributed by atoms with Crippen LogP contribution in [0.15, 0.2) is 41.7 Å². The average Bonchev–Trinajstić information content (AvgIpc) is 3.25. The van der Waals surface area contributed by atoms with Crippen molar-refractivity contribution >= 4 is 46.3 Å². The lowest BCUT2D eigenvalue weighted by Gasteiger charge is -2.28. The SMILES string of the molecule is CSc1nc(N2CCCCC2)c2cnn(CCNC(=O)/C=C\c3ccc([N+](=O)[O-])cc3)c2n1. The molecule has 3 heterocycles. The summed E-state index contributed by atoms with van der Waals surface area (Å²) in [5.41, 5.74) is 1.49. The number of nitro benzene ring substituents is 1. The molecule has 1 amide bonds. The molecule has 11 heteroatoms. The number of thioether (sulfide) groups is 1. The average molecular weight is 468 g/mol.